The van der Waals surface area contributed by atoms with Crippen LogP contribution in [-0.4, -0.2) is 9.97 Å². The first-order valence-electron chi connectivity index (χ1n) is 17.2. The number of hydrogen-bond acceptors (Lipinski definition) is 3. The molecule has 3 nitrogen and oxygen atoms in total. The largest absolute Gasteiger partial charge is 0.456 e. The molecule has 0 N–H and O–H groups in total. The first-order valence-corrected chi connectivity index (χ1v) is 15.7. The summed E-state index contributed by atoms with van der Waals surface area (Å²) in [6.45, 7) is -2.09. The summed E-state index contributed by atoms with van der Waals surface area (Å²) in [7, 11) is 0. The second-order valence-corrected chi connectivity index (χ2v) is 11.4. The number of hydrogen-bond donors (Lipinski definition) is 0. The fourth-order valence-electron chi connectivity index (χ4n) is 6.16. The van der Waals surface area contributed by atoms with Crippen LogP contribution in [-0.2, 0) is 20.1 Å². The average Bonchev–Trinajstić information content (AvgIpc) is 3.58. The molecule has 49 heavy (non-hydrogen) atoms. The van der Waals surface area contributed by atoms with E-state index in [9.17, 15) is 0 Å². The van der Waals surface area contributed by atoms with Crippen molar-refractivity contribution in [1.82, 2.24) is 9.97 Å². The molecular formula is C45H30IrN2O-2. The Morgan fingerprint density at radius 3 is 2.22 bits per heavy atom. The predicted octanol–water partition coefficient (Wildman–Crippen LogP) is 11.8. The van der Waals surface area contributed by atoms with Crippen molar-refractivity contribution >= 4 is 32.7 Å². The number of benzene rings is 6. The maximum Gasteiger partial charge on any atom is 0.136 e. The van der Waals surface area contributed by atoms with Crippen molar-refractivity contribution < 1.29 is 28.6 Å². The quantitative estimate of drug-likeness (QED) is 0.166. The molecule has 0 saturated heterocycles. The van der Waals surface area contributed by atoms with Crippen molar-refractivity contribution in [3.05, 3.63) is 182 Å². The van der Waals surface area contributed by atoms with E-state index >= 15 is 0 Å². The number of aromatic nitrogens is 2. The molecule has 3 aromatic heterocycles. The third kappa shape index (κ3) is 6.45. The third-order valence-electron chi connectivity index (χ3n) is 8.41. The van der Waals surface area contributed by atoms with E-state index in [1.54, 1.807) is 18.2 Å². The van der Waals surface area contributed by atoms with Crippen LogP contribution in [0.25, 0.3) is 77.5 Å². The molecule has 0 aliphatic rings. The Bertz CT molecular complexity index is 2610. The van der Waals surface area contributed by atoms with E-state index in [4.69, 9.17) is 8.53 Å². The minimum atomic E-state index is -2.09. The Morgan fingerprint density at radius 1 is 0.592 bits per heavy atom. The minimum Gasteiger partial charge on any atom is -0.456 e. The molecule has 0 unspecified atom stereocenters. The van der Waals surface area contributed by atoms with E-state index in [1.807, 2.05) is 60.8 Å². The van der Waals surface area contributed by atoms with Crippen LogP contribution < -0.4 is 0 Å². The molecular weight excluding hydrogens is 777 g/mol. The number of pyridine rings is 2. The monoisotopic (exact) mass is 810 g/mol. The van der Waals surface area contributed by atoms with Gasteiger partial charge in [0.2, 0.25) is 0 Å². The molecule has 3 heterocycles. The van der Waals surface area contributed by atoms with Crippen LogP contribution in [0.2, 0.25) is 0 Å². The Morgan fingerprint density at radius 2 is 1.43 bits per heavy atom. The molecule has 9 aromatic rings. The summed E-state index contributed by atoms with van der Waals surface area (Å²) in [5, 5.41) is 4.70. The summed E-state index contributed by atoms with van der Waals surface area (Å²) >= 11 is 0. The van der Waals surface area contributed by atoms with E-state index in [0.29, 0.717) is 0 Å². The Hall–Kier alpha value is -5.67. The van der Waals surface area contributed by atoms with Gasteiger partial charge in [-0.05, 0) is 52.8 Å². The summed E-state index contributed by atoms with van der Waals surface area (Å²) in [5.41, 5.74) is 10.2. The van der Waals surface area contributed by atoms with Gasteiger partial charge < -0.3 is 14.4 Å². The first-order chi connectivity index (χ1) is 24.9. The molecule has 0 atom stereocenters. The summed E-state index contributed by atoms with van der Waals surface area (Å²) in [4.78, 5) is 8.73. The second-order valence-electron chi connectivity index (χ2n) is 11.4. The zero-order chi connectivity index (χ0) is 34.8. The van der Waals surface area contributed by atoms with Gasteiger partial charge in [0.15, 0.2) is 0 Å². The second kappa shape index (κ2) is 14.2. The van der Waals surface area contributed by atoms with E-state index in [-0.39, 0.29) is 25.7 Å². The Labute approximate surface area is 303 Å². The molecule has 0 amide bonds. The fourth-order valence-corrected chi connectivity index (χ4v) is 6.16. The number of furan rings is 1. The van der Waals surface area contributed by atoms with Crippen LogP contribution in [0.3, 0.4) is 0 Å². The van der Waals surface area contributed by atoms with Crippen molar-refractivity contribution in [3.8, 4) is 44.8 Å². The van der Waals surface area contributed by atoms with Crippen molar-refractivity contribution in [2.75, 3.05) is 0 Å². The van der Waals surface area contributed by atoms with Crippen molar-refractivity contribution in [2.45, 2.75) is 6.85 Å². The smallest absolute Gasteiger partial charge is 0.136 e. The number of rotatable bonds is 4. The summed E-state index contributed by atoms with van der Waals surface area (Å²) < 4.78 is 27.8. The van der Waals surface area contributed by atoms with Crippen molar-refractivity contribution in [3.63, 3.8) is 0 Å². The Kier molecular flexibility index (Phi) is 8.22. The molecule has 237 valence electrons. The molecule has 0 bridgehead atoms. The number of nitrogens with zero attached hydrogens (tertiary/aromatic N) is 2. The molecule has 1 radical (unpaired) electrons. The van der Waals surface area contributed by atoms with Crippen LogP contribution in [0.4, 0.5) is 0 Å². The molecule has 0 aliphatic carbocycles. The van der Waals surface area contributed by atoms with Gasteiger partial charge in [-0.2, -0.15) is 0 Å². The van der Waals surface area contributed by atoms with Crippen LogP contribution in [0.1, 0.15) is 9.68 Å². The first kappa shape index (κ1) is 28.4. The van der Waals surface area contributed by atoms with Gasteiger partial charge in [-0.25, -0.2) is 0 Å². The number of aryl methyl sites for hydroxylation is 1. The van der Waals surface area contributed by atoms with Crippen molar-refractivity contribution in [2.24, 2.45) is 0 Å². The van der Waals surface area contributed by atoms with Crippen LogP contribution in [0, 0.1) is 19.0 Å². The number of para-hydroxylation sites is 1. The van der Waals surface area contributed by atoms with Gasteiger partial charge in [0.05, 0.1) is 0 Å². The van der Waals surface area contributed by atoms with E-state index in [2.05, 4.69) is 101 Å². The zero-order valence-corrected chi connectivity index (χ0v) is 28.6. The standard InChI is InChI=1S/C33H20NO.C12H10N.Ir/c1-2-9-22(10-3-1)29-21-23(16-17-26(29)30-14-6-7-20-34-30)24-12-8-13-27-25(24)18-19-32-33(27)28-11-4-5-15-31(28)35-32;1-10-7-8-12(13-9-10)11-5-3-2-4-6-11;/h1-16,18-21H;2-5,7-9H,1H3;/q2*-1;/i;1D3;. The van der Waals surface area contributed by atoms with E-state index < -0.39 is 6.85 Å². The van der Waals surface area contributed by atoms with Gasteiger partial charge in [-0.3, -0.25) is 0 Å². The molecule has 0 saturated carbocycles. The SMILES string of the molecule is [2H]C([2H])([2H])c1ccc(-c2[c-]cccc2)nc1.[Ir].[c-]1cc(-c2cccc3c2ccc2oc4ccccc4c23)cc(-c2ccccc2)c1-c1ccccn1. The third-order valence-corrected chi connectivity index (χ3v) is 8.41. The normalized spacial score (nSPS) is 12.0. The van der Waals surface area contributed by atoms with Crippen LogP contribution >= 0.6 is 0 Å². The zero-order valence-electron chi connectivity index (χ0n) is 29.2. The van der Waals surface area contributed by atoms with E-state index in [0.717, 1.165) is 61.1 Å². The van der Waals surface area contributed by atoms with Gasteiger partial charge in [-0.15, -0.1) is 59.7 Å². The summed E-state index contributed by atoms with van der Waals surface area (Å²) in [6.07, 6.45) is 3.22. The van der Waals surface area contributed by atoms with Gasteiger partial charge >= 0.3 is 0 Å². The summed E-state index contributed by atoms with van der Waals surface area (Å²) in [6, 6.07) is 57.2. The fraction of sp³-hybridized carbons (Fsp3) is 0.0222. The van der Waals surface area contributed by atoms with Gasteiger partial charge in [0, 0.05) is 47.4 Å². The van der Waals surface area contributed by atoms with Crippen LogP contribution in [0.15, 0.2) is 168 Å². The van der Waals surface area contributed by atoms with Crippen molar-refractivity contribution in [1.29, 1.82) is 0 Å². The molecule has 0 fully saturated rings. The number of fused-ring (bicyclic) bond motifs is 5. The Balaban J connectivity index is 0.000000209. The van der Waals surface area contributed by atoms with E-state index in [1.165, 1.54) is 22.5 Å². The maximum absolute atomic E-state index is 7.23. The molecule has 0 aliphatic heterocycles. The molecule has 9 rings (SSSR count). The predicted molar refractivity (Wildman–Crippen MR) is 197 cm³/mol. The molecule has 4 heteroatoms. The van der Waals surface area contributed by atoms with Gasteiger partial charge in [-0.1, -0.05) is 119 Å². The molecule has 6 aromatic carbocycles. The summed E-state index contributed by atoms with van der Waals surface area (Å²) in [5.74, 6) is 0. The van der Waals surface area contributed by atoms with Gasteiger partial charge in [0.25, 0.3) is 0 Å². The minimum absolute atomic E-state index is 0. The topological polar surface area (TPSA) is 38.9 Å². The van der Waals surface area contributed by atoms with Gasteiger partial charge in [0.1, 0.15) is 11.2 Å². The average molecular weight is 810 g/mol. The van der Waals surface area contributed by atoms with Crippen LogP contribution in [0.5, 0.6) is 0 Å². The molecule has 0 spiro atoms. The maximum atomic E-state index is 7.23.